The van der Waals surface area contributed by atoms with Gasteiger partial charge in [0, 0.05) is 21.3 Å². The number of esters is 1. The number of hydrogen-bond acceptors (Lipinski definition) is 5. The van der Waals surface area contributed by atoms with Crippen molar-refractivity contribution in [2.45, 2.75) is 13.0 Å². The zero-order valence-corrected chi connectivity index (χ0v) is 14.3. The van der Waals surface area contributed by atoms with Crippen LogP contribution in [0, 0.1) is 0 Å². The van der Waals surface area contributed by atoms with Crippen LogP contribution in [-0.4, -0.2) is 27.3 Å². The molecule has 2 aromatic rings. The summed E-state index contributed by atoms with van der Waals surface area (Å²) in [4.78, 5) is 16.7. The van der Waals surface area contributed by atoms with E-state index in [-0.39, 0.29) is 6.61 Å². The normalized spacial score (nSPS) is 16.4. The lowest BCUT2D eigenvalue weighted by Gasteiger charge is -2.28. The standard InChI is InChI=1S/C16H14Cl2N4O2/c1-3-6-24-15(23)13-9(2)21-16-19-8-20-22(16)14(13)11-5-4-10(17)7-12(11)18/h3-5,7-8,14H,1,6H2,2H3,(H,19,20,21)/t14-/m1/s1. The van der Waals surface area contributed by atoms with Gasteiger partial charge >= 0.3 is 5.97 Å². The quantitative estimate of drug-likeness (QED) is 0.662. The Morgan fingerprint density at radius 2 is 2.29 bits per heavy atom. The molecule has 0 radical (unpaired) electrons. The molecule has 0 aliphatic carbocycles. The minimum Gasteiger partial charge on any atom is -0.458 e. The number of rotatable bonds is 4. The molecule has 0 spiro atoms. The topological polar surface area (TPSA) is 69.0 Å². The second-order valence-electron chi connectivity index (χ2n) is 5.15. The van der Waals surface area contributed by atoms with Gasteiger partial charge < -0.3 is 10.1 Å². The number of anilines is 1. The Labute approximate surface area is 148 Å². The van der Waals surface area contributed by atoms with Gasteiger partial charge in [-0.25, -0.2) is 9.48 Å². The second-order valence-corrected chi connectivity index (χ2v) is 5.99. The fourth-order valence-electron chi connectivity index (χ4n) is 2.58. The van der Waals surface area contributed by atoms with Crippen molar-refractivity contribution in [2.75, 3.05) is 11.9 Å². The summed E-state index contributed by atoms with van der Waals surface area (Å²) >= 11 is 12.3. The summed E-state index contributed by atoms with van der Waals surface area (Å²) in [5, 5.41) is 8.20. The van der Waals surface area contributed by atoms with Crippen molar-refractivity contribution in [2.24, 2.45) is 0 Å². The predicted molar refractivity (Wildman–Crippen MR) is 92.1 cm³/mol. The average Bonchev–Trinajstić information content (AvgIpc) is 2.99. The lowest BCUT2D eigenvalue weighted by Crippen LogP contribution is -2.29. The third kappa shape index (κ3) is 2.90. The van der Waals surface area contributed by atoms with Crippen molar-refractivity contribution in [3.05, 3.63) is 64.1 Å². The van der Waals surface area contributed by atoms with Gasteiger partial charge in [-0.3, -0.25) is 0 Å². The lowest BCUT2D eigenvalue weighted by atomic mass is 9.96. The minimum atomic E-state index is -0.564. The van der Waals surface area contributed by atoms with Crippen molar-refractivity contribution >= 4 is 35.1 Å². The molecule has 1 atom stereocenters. The maximum absolute atomic E-state index is 12.6. The van der Waals surface area contributed by atoms with Crippen molar-refractivity contribution in [3.8, 4) is 0 Å². The van der Waals surface area contributed by atoms with E-state index < -0.39 is 12.0 Å². The summed E-state index contributed by atoms with van der Waals surface area (Å²) in [7, 11) is 0. The molecule has 0 amide bonds. The van der Waals surface area contributed by atoms with Crippen LogP contribution in [0.2, 0.25) is 10.0 Å². The zero-order valence-electron chi connectivity index (χ0n) is 12.8. The molecule has 2 heterocycles. The molecule has 3 rings (SSSR count). The summed E-state index contributed by atoms with van der Waals surface area (Å²) in [5.74, 6) is 0.0425. The summed E-state index contributed by atoms with van der Waals surface area (Å²) in [6, 6.07) is 4.54. The highest BCUT2D eigenvalue weighted by atomic mass is 35.5. The molecule has 0 fully saturated rings. The van der Waals surface area contributed by atoms with E-state index in [0.717, 1.165) is 0 Å². The number of hydrogen-bond donors (Lipinski definition) is 1. The fourth-order valence-corrected chi connectivity index (χ4v) is 3.09. The molecular weight excluding hydrogens is 351 g/mol. The number of halogens is 2. The largest absolute Gasteiger partial charge is 0.458 e. The van der Waals surface area contributed by atoms with Crippen LogP contribution in [0.3, 0.4) is 0 Å². The molecule has 0 saturated heterocycles. The first-order chi connectivity index (χ1) is 11.5. The molecule has 1 aliphatic rings. The number of ether oxygens (including phenoxy) is 1. The smallest absolute Gasteiger partial charge is 0.338 e. The number of nitrogens with one attached hydrogen (secondary N) is 1. The molecule has 24 heavy (non-hydrogen) atoms. The van der Waals surface area contributed by atoms with E-state index in [1.807, 2.05) is 0 Å². The van der Waals surface area contributed by atoms with E-state index in [1.165, 1.54) is 12.4 Å². The number of carbonyl (C=O) groups excluding carboxylic acids is 1. The van der Waals surface area contributed by atoms with Crippen LogP contribution in [0.5, 0.6) is 0 Å². The monoisotopic (exact) mass is 364 g/mol. The van der Waals surface area contributed by atoms with Crippen LogP contribution in [0.15, 0.2) is 48.5 Å². The molecule has 1 N–H and O–H groups in total. The van der Waals surface area contributed by atoms with Gasteiger partial charge in [-0.2, -0.15) is 10.1 Å². The first-order valence-electron chi connectivity index (χ1n) is 7.13. The molecule has 8 heteroatoms. The van der Waals surface area contributed by atoms with E-state index >= 15 is 0 Å². The molecule has 124 valence electrons. The van der Waals surface area contributed by atoms with Crippen molar-refractivity contribution in [3.63, 3.8) is 0 Å². The number of carbonyl (C=O) groups is 1. The Hall–Kier alpha value is -2.31. The number of aromatic nitrogens is 3. The van der Waals surface area contributed by atoms with Gasteiger partial charge in [-0.15, -0.1) is 0 Å². The zero-order chi connectivity index (χ0) is 17.3. The van der Waals surface area contributed by atoms with E-state index in [1.54, 1.807) is 29.8 Å². The van der Waals surface area contributed by atoms with Crippen molar-refractivity contribution in [1.29, 1.82) is 0 Å². The van der Waals surface area contributed by atoms with Gasteiger partial charge in [0.25, 0.3) is 0 Å². The van der Waals surface area contributed by atoms with Gasteiger partial charge in [0.2, 0.25) is 5.95 Å². The summed E-state index contributed by atoms with van der Waals surface area (Å²) in [6.45, 7) is 5.44. The van der Waals surface area contributed by atoms with Gasteiger partial charge in [-0.1, -0.05) is 41.9 Å². The molecule has 0 bridgehead atoms. The SMILES string of the molecule is C=CCOC(=O)C1=C(C)Nc2ncnn2[C@@H]1c1ccc(Cl)cc1Cl. The Balaban J connectivity index is 2.14. The molecule has 1 aromatic heterocycles. The Bertz CT molecular complexity index is 844. The van der Waals surface area contributed by atoms with Gasteiger partial charge in [0.1, 0.15) is 19.0 Å². The van der Waals surface area contributed by atoms with Crippen LogP contribution in [0.1, 0.15) is 18.5 Å². The number of nitrogens with zero attached hydrogens (tertiary/aromatic N) is 3. The maximum Gasteiger partial charge on any atom is 0.338 e. The van der Waals surface area contributed by atoms with E-state index in [9.17, 15) is 4.79 Å². The van der Waals surface area contributed by atoms with Gasteiger partial charge in [-0.05, 0) is 19.1 Å². The maximum atomic E-state index is 12.6. The third-order valence-electron chi connectivity index (χ3n) is 3.60. The van der Waals surface area contributed by atoms with Gasteiger partial charge in [0.05, 0.1) is 5.57 Å². The molecule has 0 saturated carbocycles. The first-order valence-corrected chi connectivity index (χ1v) is 7.88. The van der Waals surface area contributed by atoms with Crippen molar-refractivity contribution in [1.82, 2.24) is 14.8 Å². The number of fused-ring (bicyclic) bond motifs is 1. The van der Waals surface area contributed by atoms with Crippen LogP contribution >= 0.6 is 23.2 Å². The minimum absolute atomic E-state index is 0.112. The van der Waals surface area contributed by atoms with Crippen LogP contribution < -0.4 is 5.32 Å². The van der Waals surface area contributed by atoms with Crippen LogP contribution in [-0.2, 0) is 9.53 Å². The Morgan fingerprint density at radius 1 is 1.50 bits per heavy atom. The molecule has 1 aliphatic heterocycles. The van der Waals surface area contributed by atoms with Crippen molar-refractivity contribution < 1.29 is 9.53 Å². The number of benzene rings is 1. The second kappa shape index (κ2) is 6.67. The number of allylic oxidation sites excluding steroid dienone is 1. The fraction of sp³-hybridized carbons (Fsp3) is 0.188. The van der Waals surface area contributed by atoms with E-state index in [2.05, 4.69) is 22.0 Å². The lowest BCUT2D eigenvalue weighted by molar-refractivity contribution is -0.138. The molecule has 6 nitrogen and oxygen atoms in total. The predicted octanol–water partition coefficient (Wildman–Crippen LogP) is 3.60. The average molecular weight is 365 g/mol. The molecular formula is C16H14Cl2N4O2. The highest BCUT2D eigenvalue weighted by Gasteiger charge is 2.35. The third-order valence-corrected chi connectivity index (χ3v) is 4.17. The Kier molecular flexibility index (Phi) is 4.59. The first kappa shape index (κ1) is 16.5. The van der Waals surface area contributed by atoms with E-state index in [4.69, 9.17) is 27.9 Å². The molecule has 0 unspecified atom stereocenters. The van der Waals surface area contributed by atoms with Gasteiger partial charge in [0.15, 0.2) is 0 Å². The Morgan fingerprint density at radius 3 is 3.00 bits per heavy atom. The summed E-state index contributed by atoms with van der Waals surface area (Å²) < 4.78 is 6.81. The van der Waals surface area contributed by atoms with E-state index in [0.29, 0.717) is 32.8 Å². The highest BCUT2D eigenvalue weighted by Crippen LogP contribution is 2.38. The molecule has 1 aromatic carbocycles. The van der Waals surface area contributed by atoms with Crippen LogP contribution in [0.4, 0.5) is 5.95 Å². The van der Waals surface area contributed by atoms with Crippen LogP contribution in [0.25, 0.3) is 0 Å². The highest BCUT2D eigenvalue weighted by molar-refractivity contribution is 6.35. The summed E-state index contributed by atoms with van der Waals surface area (Å²) in [5.41, 5.74) is 1.71. The summed E-state index contributed by atoms with van der Waals surface area (Å²) in [6.07, 6.45) is 2.92.